The van der Waals surface area contributed by atoms with Crippen molar-refractivity contribution in [3.63, 3.8) is 0 Å². The Morgan fingerprint density at radius 2 is 1.73 bits per heavy atom. The van der Waals surface area contributed by atoms with E-state index in [0.29, 0.717) is 5.02 Å². The summed E-state index contributed by atoms with van der Waals surface area (Å²) in [5, 5.41) is 2.19. The Balaban J connectivity index is 1.57. The van der Waals surface area contributed by atoms with E-state index in [1.807, 2.05) is 24.3 Å². The first kappa shape index (κ1) is 22.7. The molecule has 0 unspecified atom stereocenters. The molecule has 2 aromatic carbocycles. The third-order valence-electron chi connectivity index (χ3n) is 6.23. The van der Waals surface area contributed by atoms with Crippen LogP contribution in [-0.4, -0.2) is 9.55 Å². The zero-order valence-corrected chi connectivity index (χ0v) is 21.5. The van der Waals surface area contributed by atoms with Crippen LogP contribution in [-0.2, 0) is 24.0 Å². The fourth-order valence-electron chi connectivity index (χ4n) is 4.35. The number of hydrogen-bond acceptors (Lipinski definition) is 4. The van der Waals surface area contributed by atoms with Gasteiger partial charge in [-0.25, -0.2) is 4.98 Å². The van der Waals surface area contributed by atoms with Crippen LogP contribution in [0.2, 0.25) is 5.02 Å². The molecule has 0 aliphatic heterocycles. The van der Waals surface area contributed by atoms with Crippen molar-refractivity contribution in [2.75, 3.05) is 0 Å². The average Bonchev–Trinajstić information content (AvgIpc) is 3.17. The van der Waals surface area contributed by atoms with E-state index in [9.17, 15) is 4.79 Å². The van der Waals surface area contributed by atoms with Crippen molar-refractivity contribution >= 4 is 44.9 Å². The Morgan fingerprint density at radius 1 is 1.03 bits per heavy atom. The highest BCUT2D eigenvalue weighted by Gasteiger charge is 2.23. The molecule has 6 heteroatoms. The summed E-state index contributed by atoms with van der Waals surface area (Å²) in [6.07, 6.45) is 4.36. The number of fused-ring (bicyclic) bond motifs is 3. The summed E-state index contributed by atoms with van der Waals surface area (Å²) in [7, 11) is 0. The maximum Gasteiger partial charge on any atom is 0.267 e. The van der Waals surface area contributed by atoms with Gasteiger partial charge in [-0.05, 0) is 72.1 Å². The van der Waals surface area contributed by atoms with Crippen LogP contribution in [0.5, 0.6) is 0 Å². The molecule has 0 atom stereocenters. The quantitative estimate of drug-likeness (QED) is 0.217. The monoisotopic (exact) mass is 494 g/mol. The maximum absolute atomic E-state index is 13.8. The lowest BCUT2D eigenvalue weighted by Gasteiger charge is -2.19. The Kier molecular flexibility index (Phi) is 6.15. The van der Waals surface area contributed by atoms with Gasteiger partial charge in [-0.15, -0.1) is 11.3 Å². The lowest BCUT2D eigenvalue weighted by atomic mass is 9.87. The van der Waals surface area contributed by atoms with Crippen molar-refractivity contribution in [3.8, 4) is 5.69 Å². The van der Waals surface area contributed by atoms with Gasteiger partial charge < -0.3 is 0 Å². The van der Waals surface area contributed by atoms with E-state index in [2.05, 4.69) is 45.0 Å². The van der Waals surface area contributed by atoms with Crippen LogP contribution in [0, 0.1) is 0 Å². The Labute approximate surface area is 207 Å². The number of thioether (sulfide) groups is 1. The molecule has 33 heavy (non-hydrogen) atoms. The van der Waals surface area contributed by atoms with Crippen LogP contribution in [0.3, 0.4) is 0 Å². The summed E-state index contributed by atoms with van der Waals surface area (Å²) in [5.74, 6) is 0.751. The molecule has 0 amide bonds. The van der Waals surface area contributed by atoms with Crippen LogP contribution in [0.15, 0.2) is 58.5 Å². The number of hydrogen-bond donors (Lipinski definition) is 0. The zero-order valence-electron chi connectivity index (χ0n) is 19.2. The highest BCUT2D eigenvalue weighted by molar-refractivity contribution is 7.98. The van der Waals surface area contributed by atoms with E-state index in [1.165, 1.54) is 28.0 Å². The summed E-state index contributed by atoms with van der Waals surface area (Å²) >= 11 is 9.45. The zero-order chi connectivity index (χ0) is 23.2. The molecule has 170 valence electrons. The number of thiophene rings is 1. The molecule has 0 spiro atoms. The first-order chi connectivity index (χ1) is 15.8. The Morgan fingerprint density at radius 3 is 2.42 bits per heavy atom. The minimum atomic E-state index is 0.0345. The van der Waals surface area contributed by atoms with Crippen molar-refractivity contribution in [2.24, 2.45) is 0 Å². The van der Waals surface area contributed by atoms with Crippen molar-refractivity contribution in [1.29, 1.82) is 0 Å². The summed E-state index contributed by atoms with van der Waals surface area (Å²) < 4.78 is 1.77. The Bertz CT molecular complexity index is 1360. The third-order valence-corrected chi connectivity index (χ3v) is 8.68. The second kappa shape index (κ2) is 8.94. The van der Waals surface area contributed by atoms with Gasteiger partial charge >= 0.3 is 0 Å². The topological polar surface area (TPSA) is 34.9 Å². The lowest BCUT2D eigenvalue weighted by Crippen LogP contribution is -2.22. The maximum atomic E-state index is 13.8. The van der Waals surface area contributed by atoms with Gasteiger partial charge in [0, 0.05) is 15.7 Å². The molecule has 0 saturated heterocycles. The molecule has 0 radical (unpaired) electrons. The standard InChI is InChI=1S/C27H27ClN2OS2/c1-27(2,3)18-10-8-17(9-11-18)16-32-26-29-24-23(21-6-4-5-7-22(21)33-24)25(31)30(26)20-14-12-19(28)13-15-20/h8-15H,4-7,16H2,1-3H3. The fraction of sp³-hybridized carbons (Fsp3) is 0.333. The van der Waals surface area contributed by atoms with Gasteiger partial charge in [-0.3, -0.25) is 9.36 Å². The van der Waals surface area contributed by atoms with Gasteiger partial charge in [-0.2, -0.15) is 0 Å². The van der Waals surface area contributed by atoms with Crippen molar-refractivity contribution in [1.82, 2.24) is 9.55 Å². The molecular formula is C27H27ClN2OS2. The van der Waals surface area contributed by atoms with Crippen LogP contribution in [0.1, 0.15) is 55.2 Å². The smallest absolute Gasteiger partial charge is 0.267 e. The largest absolute Gasteiger partial charge is 0.268 e. The number of aromatic nitrogens is 2. The van der Waals surface area contributed by atoms with Crippen molar-refractivity contribution in [2.45, 2.75) is 62.8 Å². The summed E-state index contributed by atoms with van der Waals surface area (Å²) in [4.78, 5) is 21.1. The van der Waals surface area contributed by atoms with E-state index < -0.39 is 0 Å². The van der Waals surface area contributed by atoms with E-state index in [-0.39, 0.29) is 11.0 Å². The SMILES string of the molecule is CC(C)(C)c1ccc(CSc2nc3sc4c(c3c(=O)n2-c2ccc(Cl)cc2)CCCC4)cc1. The summed E-state index contributed by atoms with van der Waals surface area (Å²) in [5.41, 5.74) is 4.72. The molecule has 5 rings (SSSR count). The van der Waals surface area contributed by atoms with Gasteiger partial charge in [0.2, 0.25) is 0 Å². The third kappa shape index (κ3) is 4.51. The number of halogens is 1. The molecule has 0 bridgehead atoms. The Hall–Kier alpha value is -2.08. The van der Waals surface area contributed by atoms with Crippen molar-refractivity contribution in [3.05, 3.63) is 85.5 Å². The average molecular weight is 495 g/mol. The lowest BCUT2D eigenvalue weighted by molar-refractivity contribution is 0.590. The fourth-order valence-corrected chi connectivity index (χ4v) is 6.75. The second-order valence-corrected chi connectivity index (χ2v) is 12.1. The molecule has 4 aromatic rings. The number of benzene rings is 2. The summed E-state index contributed by atoms with van der Waals surface area (Å²) in [6.45, 7) is 6.67. The number of rotatable bonds is 4. The molecule has 3 nitrogen and oxygen atoms in total. The van der Waals surface area contributed by atoms with E-state index in [4.69, 9.17) is 16.6 Å². The highest BCUT2D eigenvalue weighted by atomic mass is 35.5. The van der Waals surface area contributed by atoms with E-state index >= 15 is 0 Å². The highest BCUT2D eigenvalue weighted by Crippen LogP contribution is 2.36. The van der Waals surface area contributed by atoms with E-state index in [0.717, 1.165) is 46.1 Å². The predicted molar refractivity (Wildman–Crippen MR) is 142 cm³/mol. The normalized spacial score (nSPS) is 13.9. The van der Waals surface area contributed by atoms with E-state index in [1.54, 1.807) is 27.7 Å². The number of aryl methyl sites for hydroxylation is 2. The first-order valence-electron chi connectivity index (χ1n) is 11.4. The van der Waals surface area contributed by atoms with Gasteiger partial charge in [0.05, 0.1) is 11.1 Å². The minimum Gasteiger partial charge on any atom is -0.268 e. The predicted octanol–water partition coefficient (Wildman–Crippen LogP) is 7.57. The first-order valence-corrected chi connectivity index (χ1v) is 13.5. The van der Waals surface area contributed by atoms with Crippen LogP contribution < -0.4 is 5.56 Å². The van der Waals surface area contributed by atoms with Gasteiger partial charge in [-0.1, -0.05) is 68.4 Å². The van der Waals surface area contributed by atoms with Crippen LogP contribution in [0.25, 0.3) is 15.9 Å². The molecule has 1 aliphatic rings. The van der Waals surface area contributed by atoms with Gasteiger partial charge in [0.15, 0.2) is 5.16 Å². The molecule has 0 N–H and O–H groups in total. The van der Waals surface area contributed by atoms with Gasteiger partial charge in [0.1, 0.15) is 4.83 Å². The minimum absolute atomic E-state index is 0.0345. The molecule has 0 saturated carbocycles. The van der Waals surface area contributed by atoms with Crippen molar-refractivity contribution < 1.29 is 0 Å². The molecule has 1 aliphatic carbocycles. The van der Waals surface area contributed by atoms with Crippen LogP contribution >= 0.6 is 34.7 Å². The molecule has 0 fully saturated rings. The summed E-state index contributed by atoms with van der Waals surface area (Å²) in [6, 6.07) is 16.2. The molecule has 2 heterocycles. The number of nitrogens with zero attached hydrogens (tertiary/aromatic N) is 2. The van der Waals surface area contributed by atoms with Gasteiger partial charge in [0.25, 0.3) is 5.56 Å². The molecular weight excluding hydrogens is 468 g/mol. The second-order valence-electron chi connectivity index (χ2n) is 9.64. The van der Waals surface area contributed by atoms with Crippen LogP contribution in [0.4, 0.5) is 0 Å². The molecule has 2 aromatic heterocycles.